The third-order valence-corrected chi connectivity index (χ3v) is 7.07. The molecule has 0 bridgehead atoms. The Hall–Kier alpha value is -4.09. The fourth-order valence-corrected chi connectivity index (χ4v) is 5.47. The molecule has 2 aromatic heterocycles. The molecule has 1 amide bonds. The number of ether oxygens (including phenoxy) is 1. The highest BCUT2D eigenvalue weighted by Crippen LogP contribution is 2.44. The summed E-state index contributed by atoms with van der Waals surface area (Å²) in [7, 11) is 0. The van der Waals surface area contributed by atoms with Gasteiger partial charge in [-0.1, -0.05) is 37.3 Å². The Morgan fingerprint density at radius 1 is 1.15 bits per heavy atom. The van der Waals surface area contributed by atoms with Crippen molar-refractivity contribution < 1.29 is 14.3 Å². The lowest BCUT2D eigenvalue weighted by atomic mass is 9.90. The Morgan fingerprint density at radius 3 is 2.79 bits per heavy atom. The molecule has 2 aromatic carbocycles. The van der Waals surface area contributed by atoms with E-state index in [1.54, 1.807) is 31.3 Å². The summed E-state index contributed by atoms with van der Waals surface area (Å²) >= 11 is 1.39. The van der Waals surface area contributed by atoms with Crippen LogP contribution in [0.15, 0.2) is 54.9 Å². The van der Waals surface area contributed by atoms with E-state index in [0.29, 0.717) is 21.6 Å². The average molecular weight is 469 g/mol. The van der Waals surface area contributed by atoms with Crippen LogP contribution in [-0.2, 0) is 22.4 Å². The van der Waals surface area contributed by atoms with Crippen LogP contribution in [0.1, 0.15) is 40.4 Å². The number of benzene rings is 2. The Labute approximate surface area is 200 Å². The van der Waals surface area contributed by atoms with Gasteiger partial charge in [0.15, 0.2) is 6.10 Å². The molecule has 0 aliphatic heterocycles. The Bertz CT molecular complexity index is 1470. The number of carbonyl (C=O) groups is 2. The Balaban J connectivity index is 1.39. The van der Waals surface area contributed by atoms with Gasteiger partial charge in [-0.25, -0.2) is 4.79 Å². The van der Waals surface area contributed by atoms with Gasteiger partial charge in [-0.15, -0.1) is 11.3 Å². The highest BCUT2D eigenvalue weighted by atomic mass is 32.1. The van der Waals surface area contributed by atoms with Gasteiger partial charge < -0.3 is 10.1 Å². The molecular formula is C26H20N4O3S. The van der Waals surface area contributed by atoms with Gasteiger partial charge in [-0.05, 0) is 48.1 Å². The molecule has 0 fully saturated rings. The Morgan fingerprint density at radius 2 is 1.97 bits per heavy atom. The van der Waals surface area contributed by atoms with Gasteiger partial charge in [0.2, 0.25) is 0 Å². The van der Waals surface area contributed by atoms with Crippen molar-refractivity contribution in [3.8, 4) is 16.5 Å². The number of nitrogens with one attached hydrogen (secondary N) is 1. The lowest BCUT2D eigenvalue weighted by Gasteiger charge is -2.16. The first-order valence-corrected chi connectivity index (χ1v) is 11.8. The monoisotopic (exact) mass is 468 g/mol. The van der Waals surface area contributed by atoms with Crippen LogP contribution in [0.25, 0.3) is 21.5 Å². The van der Waals surface area contributed by atoms with E-state index in [-0.39, 0.29) is 12.0 Å². The van der Waals surface area contributed by atoms with Crippen molar-refractivity contribution >= 4 is 39.2 Å². The number of esters is 1. The maximum atomic E-state index is 13.1. The largest absolute Gasteiger partial charge is 0.449 e. The lowest BCUT2D eigenvalue weighted by Crippen LogP contribution is -2.32. The molecule has 7 nitrogen and oxygen atoms in total. The first kappa shape index (κ1) is 21.7. The van der Waals surface area contributed by atoms with Crippen LogP contribution in [0, 0.1) is 11.3 Å². The molecule has 2 heterocycles. The van der Waals surface area contributed by atoms with E-state index < -0.39 is 18.0 Å². The molecule has 1 aliphatic rings. The van der Waals surface area contributed by atoms with Gasteiger partial charge in [-0.3, -0.25) is 14.8 Å². The van der Waals surface area contributed by atoms with Crippen molar-refractivity contribution in [2.75, 3.05) is 5.32 Å². The van der Waals surface area contributed by atoms with Crippen molar-refractivity contribution in [2.24, 2.45) is 0 Å². The van der Waals surface area contributed by atoms with E-state index in [1.807, 2.05) is 18.2 Å². The molecule has 1 atom stereocenters. The van der Waals surface area contributed by atoms with Crippen LogP contribution in [0.3, 0.4) is 0 Å². The zero-order chi connectivity index (χ0) is 23.7. The molecule has 4 aromatic rings. The summed E-state index contributed by atoms with van der Waals surface area (Å²) in [5, 5.41) is 13.2. The number of rotatable bonds is 5. The van der Waals surface area contributed by atoms with Gasteiger partial charge in [0.1, 0.15) is 16.6 Å². The van der Waals surface area contributed by atoms with Gasteiger partial charge in [0, 0.05) is 17.3 Å². The second-order valence-corrected chi connectivity index (χ2v) is 8.92. The molecule has 1 N–H and O–H groups in total. The Kier molecular flexibility index (Phi) is 5.78. The maximum absolute atomic E-state index is 13.1. The van der Waals surface area contributed by atoms with E-state index in [9.17, 15) is 14.9 Å². The van der Waals surface area contributed by atoms with Crippen molar-refractivity contribution in [2.45, 2.75) is 32.3 Å². The van der Waals surface area contributed by atoms with Crippen LogP contribution in [0.4, 0.5) is 5.00 Å². The van der Waals surface area contributed by atoms with Gasteiger partial charge in [-0.2, -0.15) is 5.26 Å². The van der Waals surface area contributed by atoms with Gasteiger partial charge >= 0.3 is 5.97 Å². The van der Waals surface area contributed by atoms with Gasteiger partial charge in [0.05, 0.1) is 16.6 Å². The summed E-state index contributed by atoms with van der Waals surface area (Å²) < 4.78 is 5.56. The second-order valence-electron chi connectivity index (χ2n) is 7.90. The summed E-state index contributed by atoms with van der Waals surface area (Å²) in [5.41, 5.74) is 5.00. The molecule has 1 aliphatic carbocycles. The fraction of sp³-hybridized carbons (Fsp3) is 0.192. The van der Waals surface area contributed by atoms with Crippen LogP contribution in [0.2, 0.25) is 0 Å². The predicted octanol–water partition coefficient (Wildman–Crippen LogP) is 4.90. The van der Waals surface area contributed by atoms with Crippen LogP contribution < -0.4 is 5.32 Å². The number of aromatic nitrogens is 2. The molecule has 0 saturated carbocycles. The summed E-state index contributed by atoms with van der Waals surface area (Å²) in [5.74, 6) is -1.11. The maximum Gasteiger partial charge on any atom is 0.341 e. The SMILES string of the molecule is CCC(OC(=O)c1cccc2nccnc12)C(=O)Nc1sc2c(c1C#N)CCc1ccccc1-2. The van der Waals surface area contributed by atoms with Crippen LogP contribution in [-0.4, -0.2) is 27.9 Å². The average Bonchev–Trinajstić information content (AvgIpc) is 3.24. The number of nitrogens with zero attached hydrogens (tertiary/aromatic N) is 3. The lowest BCUT2D eigenvalue weighted by molar-refractivity contribution is -0.124. The normalized spacial score (nSPS) is 12.8. The second kappa shape index (κ2) is 9.04. The molecule has 34 heavy (non-hydrogen) atoms. The third-order valence-electron chi connectivity index (χ3n) is 5.89. The van der Waals surface area contributed by atoms with Crippen molar-refractivity contribution in [1.29, 1.82) is 5.26 Å². The highest BCUT2D eigenvalue weighted by molar-refractivity contribution is 7.20. The number of thiophene rings is 1. The quantitative estimate of drug-likeness (QED) is 0.418. The summed E-state index contributed by atoms with van der Waals surface area (Å²) in [6.07, 6.45) is 3.91. The molecule has 8 heteroatoms. The summed E-state index contributed by atoms with van der Waals surface area (Å²) in [6, 6.07) is 15.4. The number of carbonyl (C=O) groups excluding carboxylic acids is 2. The predicted molar refractivity (Wildman–Crippen MR) is 130 cm³/mol. The third kappa shape index (κ3) is 3.80. The molecular weight excluding hydrogens is 448 g/mol. The summed E-state index contributed by atoms with van der Waals surface area (Å²) in [4.78, 5) is 35.4. The number of para-hydroxylation sites is 1. The van der Waals surface area contributed by atoms with E-state index >= 15 is 0 Å². The smallest absolute Gasteiger partial charge is 0.341 e. The molecule has 0 radical (unpaired) electrons. The van der Waals surface area contributed by atoms with E-state index in [2.05, 4.69) is 27.4 Å². The van der Waals surface area contributed by atoms with E-state index in [0.717, 1.165) is 28.8 Å². The number of nitriles is 1. The zero-order valence-corrected chi connectivity index (χ0v) is 19.2. The number of fused-ring (bicyclic) bond motifs is 4. The van der Waals surface area contributed by atoms with Gasteiger partial charge in [0.25, 0.3) is 5.91 Å². The minimum Gasteiger partial charge on any atom is -0.449 e. The minimum atomic E-state index is -1.02. The van der Waals surface area contributed by atoms with Crippen molar-refractivity contribution in [3.63, 3.8) is 0 Å². The van der Waals surface area contributed by atoms with Crippen molar-refractivity contribution in [1.82, 2.24) is 9.97 Å². The number of anilines is 1. The number of aryl methyl sites for hydroxylation is 1. The molecule has 1 unspecified atom stereocenters. The van der Waals surface area contributed by atoms with Crippen LogP contribution in [0.5, 0.6) is 0 Å². The van der Waals surface area contributed by atoms with Crippen molar-refractivity contribution in [3.05, 3.63) is 77.1 Å². The number of amides is 1. The summed E-state index contributed by atoms with van der Waals surface area (Å²) in [6.45, 7) is 1.77. The van der Waals surface area contributed by atoms with Crippen LogP contribution >= 0.6 is 11.3 Å². The first-order chi connectivity index (χ1) is 16.6. The standard InChI is InChI=1S/C26H20N4O3S/c1-2-21(33-26(32)18-8-5-9-20-22(18)29-13-12-28-20)24(31)30-25-19(14-27)17-11-10-15-6-3-4-7-16(15)23(17)34-25/h3-9,12-13,21H,2,10-11H2,1H3,(H,30,31). The fourth-order valence-electron chi connectivity index (χ4n) is 4.21. The number of hydrogen-bond acceptors (Lipinski definition) is 7. The first-order valence-electron chi connectivity index (χ1n) is 11.0. The molecule has 0 spiro atoms. The zero-order valence-electron chi connectivity index (χ0n) is 18.4. The molecule has 168 valence electrons. The minimum absolute atomic E-state index is 0.248. The molecule has 5 rings (SSSR count). The topological polar surface area (TPSA) is 105 Å². The molecule has 0 saturated heterocycles. The number of hydrogen-bond donors (Lipinski definition) is 1. The van der Waals surface area contributed by atoms with E-state index in [1.165, 1.54) is 23.1 Å². The van der Waals surface area contributed by atoms with E-state index in [4.69, 9.17) is 4.74 Å². The highest BCUT2D eigenvalue weighted by Gasteiger charge is 2.28.